The van der Waals surface area contributed by atoms with Crippen LogP contribution < -0.4 is 10.6 Å². The van der Waals surface area contributed by atoms with Gasteiger partial charge in [-0.25, -0.2) is 0 Å². The molecule has 3 N–H and O–H groups in total. The van der Waals surface area contributed by atoms with Crippen LogP contribution in [-0.2, 0) is 19.1 Å². The van der Waals surface area contributed by atoms with Crippen molar-refractivity contribution >= 4 is 17.7 Å². The SMILES string of the molecule is CC[C@]12CCC3(O1)C(C(=O)NC(C)(C)CC(C)(C)C)N([C@H](CO)c1ccccc1)C(=O)[C@@H]3[C@H]2C(=O)NC. The predicted octanol–water partition coefficient (Wildman–Crippen LogP) is 2.95. The van der Waals surface area contributed by atoms with Gasteiger partial charge in [0.05, 0.1) is 30.1 Å². The molecule has 204 valence electrons. The summed E-state index contributed by atoms with van der Waals surface area (Å²) in [6.45, 7) is 12.0. The van der Waals surface area contributed by atoms with Gasteiger partial charge in [0.2, 0.25) is 17.7 Å². The van der Waals surface area contributed by atoms with E-state index < -0.39 is 40.7 Å². The van der Waals surface area contributed by atoms with Gasteiger partial charge in [0.25, 0.3) is 0 Å². The van der Waals surface area contributed by atoms with Gasteiger partial charge < -0.3 is 25.4 Å². The molecule has 0 aliphatic carbocycles. The van der Waals surface area contributed by atoms with Crippen LogP contribution in [0.2, 0.25) is 0 Å². The lowest BCUT2D eigenvalue weighted by molar-refractivity contribution is -0.152. The highest BCUT2D eigenvalue weighted by Crippen LogP contribution is 2.65. The molecule has 1 aromatic carbocycles. The Hall–Kier alpha value is -2.45. The Morgan fingerprint density at radius 3 is 2.32 bits per heavy atom. The number of nitrogens with zero attached hydrogens (tertiary/aromatic N) is 1. The fourth-order valence-electron chi connectivity index (χ4n) is 7.65. The molecule has 0 aromatic heterocycles. The van der Waals surface area contributed by atoms with Crippen molar-refractivity contribution in [2.45, 2.75) is 96.1 Å². The first kappa shape index (κ1) is 27.6. The average Bonchev–Trinajstić information content (AvgIpc) is 3.42. The molecule has 0 radical (unpaired) electrons. The number of nitrogens with one attached hydrogen (secondary N) is 2. The summed E-state index contributed by atoms with van der Waals surface area (Å²) in [6.07, 6.45) is 2.41. The zero-order chi connectivity index (χ0) is 27.4. The number of benzene rings is 1. The van der Waals surface area contributed by atoms with Crippen molar-refractivity contribution in [3.63, 3.8) is 0 Å². The van der Waals surface area contributed by atoms with Gasteiger partial charge in [0, 0.05) is 12.6 Å². The molecular weight excluding hydrogens is 470 g/mol. The van der Waals surface area contributed by atoms with Gasteiger partial charge >= 0.3 is 0 Å². The number of fused-ring (bicyclic) bond motifs is 1. The van der Waals surface area contributed by atoms with E-state index in [4.69, 9.17) is 4.74 Å². The molecule has 3 fully saturated rings. The standard InChI is InChI=1S/C29H43N3O5/c1-8-28-14-15-29(37-28)21(20(28)23(34)30-7)25(36)32(19(16-33)18-12-10-9-11-13-18)22(29)24(35)31-27(5,6)17-26(2,3)4/h9-13,19-22,33H,8,14-17H2,1-7H3,(H,30,34)(H,31,35)/t19-,20+,21+,22?,28-,29?/m1/s1. The topological polar surface area (TPSA) is 108 Å². The van der Waals surface area contributed by atoms with Crippen molar-refractivity contribution in [2.75, 3.05) is 13.7 Å². The maximum absolute atomic E-state index is 14.3. The molecule has 4 rings (SSSR count). The highest BCUT2D eigenvalue weighted by atomic mass is 16.5. The monoisotopic (exact) mass is 513 g/mol. The van der Waals surface area contributed by atoms with E-state index in [9.17, 15) is 19.5 Å². The molecule has 3 aliphatic heterocycles. The predicted molar refractivity (Wildman–Crippen MR) is 140 cm³/mol. The lowest BCUT2D eigenvalue weighted by Crippen LogP contribution is -2.60. The zero-order valence-corrected chi connectivity index (χ0v) is 23.3. The normalized spacial score (nSPS) is 31.8. The number of hydrogen-bond donors (Lipinski definition) is 3. The van der Waals surface area contributed by atoms with Gasteiger partial charge in [-0.2, -0.15) is 0 Å². The second-order valence-corrected chi connectivity index (χ2v) is 12.9. The molecule has 2 bridgehead atoms. The zero-order valence-electron chi connectivity index (χ0n) is 23.3. The smallest absolute Gasteiger partial charge is 0.246 e. The van der Waals surface area contributed by atoms with Crippen LogP contribution in [0.25, 0.3) is 0 Å². The van der Waals surface area contributed by atoms with Crippen LogP contribution in [0.5, 0.6) is 0 Å². The third kappa shape index (κ3) is 4.46. The Morgan fingerprint density at radius 1 is 1.14 bits per heavy atom. The summed E-state index contributed by atoms with van der Waals surface area (Å²) in [5.41, 5.74) is -1.75. The quantitative estimate of drug-likeness (QED) is 0.495. The third-order valence-corrected chi connectivity index (χ3v) is 8.52. The number of rotatable bonds is 8. The van der Waals surface area contributed by atoms with Crippen LogP contribution in [0.1, 0.15) is 78.8 Å². The molecule has 37 heavy (non-hydrogen) atoms. The number of ether oxygens (including phenoxy) is 1. The van der Waals surface area contributed by atoms with Gasteiger partial charge in [-0.3, -0.25) is 14.4 Å². The number of aliphatic hydroxyl groups is 1. The van der Waals surface area contributed by atoms with Crippen molar-refractivity contribution in [1.29, 1.82) is 0 Å². The molecular formula is C29H43N3O5. The molecule has 3 aliphatic rings. The van der Waals surface area contributed by atoms with E-state index in [0.717, 1.165) is 12.0 Å². The molecule has 3 heterocycles. The minimum atomic E-state index is -1.13. The number of amides is 3. The Bertz CT molecular complexity index is 1050. The van der Waals surface area contributed by atoms with E-state index in [0.29, 0.717) is 19.3 Å². The van der Waals surface area contributed by atoms with Crippen LogP contribution in [0.15, 0.2) is 30.3 Å². The van der Waals surface area contributed by atoms with Crippen LogP contribution in [0, 0.1) is 17.3 Å². The largest absolute Gasteiger partial charge is 0.394 e. The number of carbonyl (C=O) groups excluding carboxylic acids is 3. The van der Waals surface area contributed by atoms with Crippen LogP contribution >= 0.6 is 0 Å². The van der Waals surface area contributed by atoms with Crippen LogP contribution in [0.3, 0.4) is 0 Å². The molecule has 3 amide bonds. The molecule has 6 atom stereocenters. The van der Waals surface area contributed by atoms with E-state index in [1.165, 1.54) is 4.90 Å². The van der Waals surface area contributed by atoms with Gasteiger partial charge in [0.1, 0.15) is 11.6 Å². The molecule has 1 aromatic rings. The lowest BCUT2D eigenvalue weighted by Gasteiger charge is -2.40. The fraction of sp³-hybridized carbons (Fsp3) is 0.690. The van der Waals surface area contributed by atoms with Gasteiger partial charge in [-0.1, -0.05) is 58.0 Å². The number of aliphatic hydroxyl groups excluding tert-OH is 1. The number of likely N-dealkylation sites (tertiary alicyclic amines) is 1. The Morgan fingerprint density at radius 2 is 1.78 bits per heavy atom. The summed E-state index contributed by atoms with van der Waals surface area (Å²) in [5.74, 6) is -2.33. The van der Waals surface area contributed by atoms with E-state index in [1.54, 1.807) is 7.05 Å². The first-order valence-corrected chi connectivity index (χ1v) is 13.5. The fourth-order valence-corrected chi connectivity index (χ4v) is 7.65. The van der Waals surface area contributed by atoms with Crippen molar-refractivity contribution in [3.05, 3.63) is 35.9 Å². The third-order valence-electron chi connectivity index (χ3n) is 8.52. The van der Waals surface area contributed by atoms with Crippen molar-refractivity contribution in [1.82, 2.24) is 15.5 Å². The highest BCUT2D eigenvalue weighted by molar-refractivity contribution is 5.99. The number of carbonyl (C=O) groups is 3. The minimum absolute atomic E-state index is 0.0284. The maximum Gasteiger partial charge on any atom is 0.246 e. The van der Waals surface area contributed by atoms with E-state index >= 15 is 0 Å². The Kier molecular flexibility index (Phi) is 6.99. The van der Waals surface area contributed by atoms with E-state index in [-0.39, 0.29) is 29.7 Å². The summed E-state index contributed by atoms with van der Waals surface area (Å²) in [7, 11) is 1.57. The Balaban J connectivity index is 1.83. The highest BCUT2D eigenvalue weighted by Gasteiger charge is 2.79. The first-order chi connectivity index (χ1) is 17.3. The molecule has 0 saturated carbocycles. The summed E-state index contributed by atoms with van der Waals surface area (Å²) in [6, 6.07) is 7.56. The number of hydrogen-bond acceptors (Lipinski definition) is 5. The van der Waals surface area contributed by atoms with Gasteiger partial charge in [-0.05, 0) is 50.5 Å². The average molecular weight is 514 g/mol. The van der Waals surface area contributed by atoms with E-state index in [2.05, 4.69) is 31.4 Å². The van der Waals surface area contributed by atoms with Crippen molar-refractivity contribution in [2.24, 2.45) is 17.3 Å². The van der Waals surface area contributed by atoms with Gasteiger partial charge in [-0.15, -0.1) is 0 Å². The van der Waals surface area contributed by atoms with Crippen molar-refractivity contribution in [3.8, 4) is 0 Å². The molecule has 8 nitrogen and oxygen atoms in total. The lowest BCUT2D eigenvalue weighted by atomic mass is 9.65. The van der Waals surface area contributed by atoms with Crippen LogP contribution in [0.4, 0.5) is 0 Å². The summed E-state index contributed by atoms with van der Waals surface area (Å²) < 4.78 is 6.77. The van der Waals surface area contributed by atoms with Gasteiger partial charge in [0.15, 0.2) is 0 Å². The minimum Gasteiger partial charge on any atom is -0.394 e. The Labute approximate surface area is 220 Å². The second kappa shape index (κ2) is 9.38. The second-order valence-electron chi connectivity index (χ2n) is 12.9. The molecule has 1 spiro atoms. The summed E-state index contributed by atoms with van der Waals surface area (Å²) >= 11 is 0. The first-order valence-electron chi connectivity index (χ1n) is 13.5. The summed E-state index contributed by atoms with van der Waals surface area (Å²) in [5, 5.41) is 16.5. The summed E-state index contributed by atoms with van der Waals surface area (Å²) in [4.78, 5) is 43.3. The van der Waals surface area contributed by atoms with E-state index in [1.807, 2.05) is 51.1 Å². The molecule has 8 heteroatoms. The van der Waals surface area contributed by atoms with Crippen LogP contribution in [-0.4, -0.2) is 64.2 Å². The molecule has 3 saturated heterocycles. The van der Waals surface area contributed by atoms with Crippen molar-refractivity contribution < 1.29 is 24.2 Å². The molecule has 2 unspecified atom stereocenters. The maximum atomic E-state index is 14.3.